The minimum absolute atomic E-state index is 0.120. The lowest BCUT2D eigenvalue weighted by atomic mass is 10.2. The highest BCUT2D eigenvalue weighted by Crippen LogP contribution is 2.31. The van der Waals surface area contributed by atoms with E-state index in [4.69, 9.17) is 9.15 Å². The van der Waals surface area contributed by atoms with Crippen molar-refractivity contribution in [2.45, 2.75) is 13.1 Å². The molecule has 0 spiro atoms. The van der Waals surface area contributed by atoms with Crippen LogP contribution in [0.25, 0.3) is 31.8 Å². The molecule has 0 atom stereocenters. The van der Waals surface area contributed by atoms with E-state index in [1.165, 1.54) is 26.8 Å². The third-order valence-electron chi connectivity index (χ3n) is 5.02. The first kappa shape index (κ1) is 18.4. The zero-order valence-electron chi connectivity index (χ0n) is 16.1. The average molecular weight is 419 g/mol. The summed E-state index contributed by atoms with van der Waals surface area (Å²) >= 11 is 1.41. The number of hydrogen-bond donors (Lipinski definition) is 0. The van der Waals surface area contributed by atoms with Gasteiger partial charge in [0.05, 0.1) is 24.5 Å². The van der Waals surface area contributed by atoms with E-state index in [0.29, 0.717) is 34.4 Å². The highest BCUT2D eigenvalue weighted by atomic mass is 32.1. The molecule has 0 bridgehead atoms. The SMILES string of the molecule is COc1ccc(-c2cc3ncn(CCn4c(=O)oc5ccccc54)c(=O)c3s2)cc1. The van der Waals surface area contributed by atoms with Crippen molar-refractivity contribution in [2.75, 3.05) is 7.11 Å². The van der Waals surface area contributed by atoms with Gasteiger partial charge in [0.1, 0.15) is 10.4 Å². The van der Waals surface area contributed by atoms with Gasteiger partial charge >= 0.3 is 5.76 Å². The number of rotatable bonds is 5. The van der Waals surface area contributed by atoms with Crippen LogP contribution in [-0.2, 0) is 13.1 Å². The number of aromatic nitrogens is 3. The summed E-state index contributed by atoms with van der Waals surface area (Å²) in [5, 5.41) is 0. The summed E-state index contributed by atoms with van der Waals surface area (Å²) in [6.07, 6.45) is 1.53. The van der Waals surface area contributed by atoms with Gasteiger partial charge in [-0.25, -0.2) is 9.78 Å². The van der Waals surface area contributed by atoms with Gasteiger partial charge in [0, 0.05) is 18.0 Å². The van der Waals surface area contributed by atoms with Crippen LogP contribution in [0.4, 0.5) is 0 Å². The summed E-state index contributed by atoms with van der Waals surface area (Å²) in [6, 6.07) is 16.8. The second-order valence-corrected chi connectivity index (χ2v) is 7.84. The van der Waals surface area contributed by atoms with Crippen LogP contribution in [0.3, 0.4) is 0 Å². The molecule has 3 aromatic heterocycles. The molecule has 0 N–H and O–H groups in total. The summed E-state index contributed by atoms with van der Waals surface area (Å²) in [6.45, 7) is 0.640. The molecule has 0 aliphatic rings. The minimum atomic E-state index is -0.434. The van der Waals surface area contributed by atoms with E-state index >= 15 is 0 Å². The monoisotopic (exact) mass is 419 g/mol. The molecular formula is C22H17N3O4S. The van der Waals surface area contributed by atoms with Gasteiger partial charge in [-0.1, -0.05) is 12.1 Å². The number of fused-ring (bicyclic) bond motifs is 2. The zero-order chi connectivity index (χ0) is 20.7. The lowest BCUT2D eigenvalue weighted by molar-refractivity contribution is 0.415. The second kappa shape index (κ2) is 7.31. The van der Waals surface area contributed by atoms with Gasteiger partial charge in [0.15, 0.2) is 5.58 Å². The normalized spacial score (nSPS) is 11.4. The van der Waals surface area contributed by atoms with E-state index in [1.807, 2.05) is 48.5 Å². The molecule has 0 fully saturated rings. The molecule has 30 heavy (non-hydrogen) atoms. The van der Waals surface area contributed by atoms with E-state index < -0.39 is 5.76 Å². The number of ether oxygens (including phenoxy) is 1. The Balaban J connectivity index is 1.46. The summed E-state index contributed by atoms with van der Waals surface area (Å²) in [5.74, 6) is 0.346. The first-order valence-electron chi connectivity index (χ1n) is 9.36. The third-order valence-corrected chi connectivity index (χ3v) is 6.18. The van der Waals surface area contributed by atoms with Gasteiger partial charge in [-0.2, -0.15) is 0 Å². The summed E-state index contributed by atoms with van der Waals surface area (Å²) in [4.78, 5) is 30.5. The number of para-hydroxylation sites is 2. The van der Waals surface area contributed by atoms with Crippen molar-refractivity contribution in [3.63, 3.8) is 0 Å². The van der Waals surface area contributed by atoms with Crippen LogP contribution in [0, 0.1) is 0 Å². The van der Waals surface area contributed by atoms with Gasteiger partial charge in [-0.3, -0.25) is 13.9 Å². The molecule has 5 rings (SSSR count). The van der Waals surface area contributed by atoms with Crippen molar-refractivity contribution < 1.29 is 9.15 Å². The van der Waals surface area contributed by atoms with Crippen molar-refractivity contribution in [3.05, 3.63) is 81.8 Å². The Labute approximate surface area is 174 Å². The van der Waals surface area contributed by atoms with Crippen LogP contribution in [0.15, 0.2) is 74.9 Å². The van der Waals surface area contributed by atoms with Crippen molar-refractivity contribution in [1.29, 1.82) is 0 Å². The number of aryl methyl sites for hydroxylation is 2. The molecule has 7 nitrogen and oxygen atoms in total. The maximum absolute atomic E-state index is 13.0. The first-order valence-corrected chi connectivity index (χ1v) is 10.2. The van der Waals surface area contributed by atoms with E-state index in [-0.39, 0.29) is 5.56 Å². The van der Waals surface area contributed by atoms with Crippen molar-refractivity contribution >= 4 is 32.7 Å². The number of hydrogen-bond acceptors (Lipinski definition) is 6. The number of benzene rings is 2. The fourth-order valence-corrected chi connectivity index (χ4v) is 4.50. The maximum atomic E-state index is 13.0. The predicted molar refractivity (Wildman–Crippen MR) is 116 cm³/mol. The van der Waals surface area contributed by atoms with Crippen LogP contribution in [0.1, 0.15) is 0 Å². The average Bonchev–Trinajstić information content (AvgIpc) is 3.35. The van der Waals surface area contributed by atoms with Crippen molar-refractivity contribution in [1.82, 2.24) is 14.1 Å². The second-order valence-electron chi connectivity index (χ2n) is 6.78. The predicted octanol–water partition coefficient (Wildman–Crippen LogP) is 3.74. The standard InChI is InChI=1S/C22H17N3O4S/c1-28-15-8-6-14(7-9-15)19-12-16-20(30-19)21(26)24(13-23-16)10-11-25-17-4-2-3-5-18(17)29-22(25)27/h2-9,12-13H,10-11H2,1H3. The largest absolute Gasteiger partial charge is 0.497 e. The van der Waals surface area contributed by atoms with Crippen molar-refractivity contribution in [2.24, 2.45) is 0 Å². The first-order chi connectivity index (χ1) is 14.6. The zero-order valence-corrected chi connectivity index (χ0v) is 16.9. The van der Waals surface area contributed by atoms with Crippen LogP contribution >= 0.6 is 11.3 Å². The fourth-order valence-electron chi connectivity index (χ4n) is 3.44. The molecule has 3 heterocycles. The molecule has 0 aliphatic carbocycles. The Morgan fingerprint density at radius 2 is 1.87 bits per heavy atom. The molecule has 8 heteroatoms. The number of nitrogens with zero attached hydrogens (tertiary/aromatic N) is 3. The lowest BCUT2D eigenvalue weighted by Gasteiger charge is -2.05. The summed E-state index contributed by atoms with van der Waals surface area (Å²) in [5.41, 5.74) is 2.79. The molecular weight excluding hydrogens is 402 g/mol. The van der Waals surface area contributed by atoms with E-state index in [0.717, 1.165) is 16.2 Å². The van der Waals surface area contributed by atoms with Crippen molar-refractivity contribution in [3.8, 4) is 16.2 Å². The molecule has 0 amide bonds. The minimum Gasteiger partial charge on any atom is -0.497 e. The number of oxazole rings is 1. The molecule has 2 aromatic carbocycles. The van der Waals surface area contributed by atoms with Gasteiger partial charge in [0.2, 0.25) is 0 Å². The highest BCUT2D eigenvalue weighted by Gasteiger charge is 2.12. The van der Waals surface area contributed by atoms with Gasteiger partial charge in [0.25, 0.3) is 5.56 Å². The van der Waals surface area contributed by atoms with Crippen LogP contribution in [0.2, 0.25) is 0 Å². The Morgan fingerprint density at radius 3 is 2.67 bits per heavy atom. The number of methoxy groups -OCH3 is 1. The molecule has 0 unspecified atom stereocenters. The highest BCUT2D eigenvalue weighted by molar-refractivity contribution is 7.22. The maximum Gasteiger partial charge on any atom is 0.420 e. The van der Waals surface area contributed by atoms with E-state index in [9.17, 15) is 9.59 Å². The number of thiophene rings is 1. The third kappa shape index (κ3) is 3.11. The molecule has 150 valence electrons. The molecule has 0 radical (unpaired) electrons. The summed E-state index contributed by atoms with van der Waals surface area (Å²) < 4.78 is 14.1. The van der Waals surface area contributed by atoms with Gasteiger partial charge < -0.3 is 9.15 Å². The Kier molecular flexibility index (Phi) is 4.48. The Morgan fingerprint density at radius 1 is 1.07 bits per heavy atom. The van der Waals surface area contributed by atoms with Crippen LogP contribution in [-0.4, -0.2) is 21.2 Å². The molecule has 0 saturated heterocycles. The Bertz CT molecular complexity index is 1470. The fraction of sp³-hybridized carbons (Fsp3) is 0.136. The molecule has 0 saturated carbocycles. The topological polar surface area (TPSA) is 79.3 Å². The lowest BCUT2D eigenvalue weighted by Crippen LogP contribution is -2.24. The molecule has 0 aliphatic heterocycles. The van der Waals surface area contributed by atoms with E-state index in [2.05, 4.69) is 4.98 Å². The Hall–Kier alpha value is -3.65. The van der Waals surface area contributed by atoms with Gasteiger partial charge in [-0.15, -0.1) is 11.3 Å². The smallest absolute Gasteiger partial charge is 0.420 e. The quantitative estimate of drug-likeness (QED) is 0.434. The van der Waals surface area contributed by atoms with E-state index in [1.54, 1.807) is 13.2 Å². The van der Waals surface area contributed by atoms with Gasteiger partial charge in [-0.05, 0) is 48.0 Å². The van der Waals surface area contributed by atoms with Crippen LogP contribution < -0.4 is 16.1 Å². The molecule has 5 aromatic rings. The van der Waals surface area contributed by atoms with Crippen LogP contribution in [0.5, 0.6) is 5.75 Å². The summed E-state index contributed by atoms with van der Waals surface area (Å²) in [7, 11) is 1.63.